The van der Waals surface area contributed by atoms with Crippen molar-refractivity contribution in [2.24, 2.45) is 0 Å². The van der Waals surface area contributed by atoms with Crippen molar-refractivity contribution in [1.82, 2.24) is 10.3 Å². The van der Waals surface area contributed by atoms with Crippen LogP contribution in [0.15, 0.2) is 16.8 Å². The quantitative estimate of drug-likeness (QED) is 0.604. The molecule has 0 fully saturated rings. The minimum atomic E-state index is -0.539. The van der Waals surface area contributed by atoms with Gasteiger partial charge in [-0.1, -0.05) is 13.3 Å². The predicted octanol–water partition coefficient (Wildman–Crippen LogP) is 1.70. The summed E-state index contributed by atoms with van der Waals surface area (Å²) in [5.74, 6) is 0. The Morgan fingerprint density at radius 2 is 2.21 bits per heavy atom. The van der Waals surface area contributed by atoms with Gasteiger partial charge < -0.3 is 10.4 Å². The van der Waals surface area contributed by atoms with Crippen molar-refractivity contribution in [3.05, 3.63) is 22.2 Å². The molecule has 0 bridgehead atoms. The maximum absolute atomic E-state index is 10.8. The van der Waals surface area contributed by atoms with Crippen molar-refractivity contribution < 1.29 is 14.7 Å². The highest BCUT2D eigenvalue weighted by atomic mass is 16.6. The lowest BCUT2D eigenvalue weighted by Gasteiger charge is -2.11. The van der Waals surface area contributed by atoms with E-state index < -0.39 is 11.0 Å². The molecule has 0 aliphatic rings. The van der Waals surface area contributed by atoms with Crippen LogP contribution >= 0.6 is 0 Å². The van der Waals surface area contributed by atoms with E-state index in [9.17, 15) is 15.2 Å². The maximum atomic E-state index is 10.8. The Labute approximate surface area is 108 Å². The number of hydrogen-bond donors (Lipinski definition) is 2. The zero-order valence-corrected chi connectivity index (χ0v) is 10.4. The molecule has 0 saturated carbocycles. The van der Waals surface area contributed by atoms with Crippen molar-refractivity contribution in [2.45, 2.75) is 25.9 Å². The standard InChI is InChI=1S/C11H14N4O4/c1-2-3-7(16)6-12-8-4-5-9(15(17)18)11-10(8)13-19-14-11/h4-5,7,12,16H,2-3,6H2,1H3. The van der Waals surface area contributed by atoms with Crippen LogP contribution in [-0.2, 0) is 0 Å². The summed E-state index contributed by atoms with van der Waals surface area (Å²) in [5, 5.41) is 30.6. The van der Waals surface area contributed by atoms with Gasteiger partial charge in [0, 0.05) is 12.6 Å². The minimum Gasteiger partial charge on any atom is -0.391 e. The van der Waals surface area contributed by atoms with Crippen LogP contribution < -0.4 is 5.32 Å². The van der Waals surface area contributed by atoms with Gasteiger partial charge in [-0.3, -0.25) is 10.1 Å². The Morgan fingerprint density at radius 3 is 2.89 bits per heavy atom. The van der Waals surface area contributed by atoms with E-state index in [2.05, 4.69) is 20.3 Å². The molecule has 8 heteroatoms. The first-order valence-electron chi connectivity index (χ1n) is 5.95. The number of hydrogen-bond acceptors (Lipinski definition) is 7. The SMILES string of the molecule is CCCC(O)CNc1ccc([N+](=O)[O-])c2nonc12. The van der Waals surface area contributed by atoms with E-state index in [0.717, 1.165) is 6.42 Å². The molecule has 1 aromatic heterocycles. The molecule has 19 heavy (non-hydrogen) atoms. The summed E-state index contributed by atoms with van der Waals surface area (Å²) in [6.45, 7) is 2.32. The first-order valence-corrected chi connectivity index (χ1v) is 5.95. The van der Waals surface area contributed by atoms with Crippen LogP contribution in [0.3, 0.4) is 0 Å². The van der Waals surface area contributed by atoms with Gasteiger partial charge in [0.15, 0.2) is 5.52 Å². The van der Waals surface area contributed by atoms with E-state index in [-0.39, 0.29) is 16.7 Å². The largest absolute Gasteiger partial charge is 0.391 e. The topological polar surface area (TPSA) is 114 Å². The van der Waals surface area contributed by atoms with Crippen LogP contribution in [0.25, 0.3) is 11.0 Å². The second kappa shape index (κ2) is 5.61. The lowest BCUT2D eigenvalue weighted by molar-refractivity contribution is -0.383. The lowest BCUT2D eigenvalue weighted by atomic mass is 10.2. The first-order chi connectivity index (χ1) is 9.13. The number of rotatable bonds is 6. The summed E-state index contributed by atoms with van der Waals surface area (Å²) in [4.78, 5) is 10.3. The number of fused-ring (bicyclic) bond motifs is 1. The second-order valence-electron chi connectivity index (χ2n) is 4.17. The fourth-order valence-electron chi connectivity index (χ4n) is 1.81. The Bertz CT molecular complexity index is 583. The summed E-state index contributed by atoms with van der Waals surface area (Å²) in [6.07, 6.45) is 1.08. The summed E-state index contributed by atoms with van der Waals surface area (Å²) in [7, 11) is 0. The van der Waals surface area contributed by atoms with Crippen LogP contribution in [0.1, 0.15) is 19.8 Å². The van der Waals surface area contributed by atoms with Gasteiger partial charge in [-0.2, -0.15) is 0 Å². The molecular weight excluding hydrogens is 252 g/mol. The van der Waals surface area contributed by atoms with Crippen LogP contribution in [-0.4, -0.2) is 33.0 Å². The fourth-order valence-corrected chi connectivity index (χ4v) is 1.81. The number of aromatic nitrogens is 2. The zero-order chi connectivity index (χ0) is 13.8. The van der Waals surface area contributed by atoms with Gasteiger partial charge in [-0.25, -0.2) is 4.63 Å². The number of anilines is 1. The third kappa shape index (κ3) is 2.79. The molecule has 0 saturated heterocycles. The Hall–Kier alpha value is -2.22. The Balaban J connectivity index is 2.23. The van der Waals surface area contributed by atoms with Crippen molar-refractivity contribution in [1.29, 1.82) is 0 Å². The third-order valence-corrected chi connectivity index (χ3v) is 2.74. The molecule has 8 nitrogen and oxygen atoms in total. The molecule has 2 aromatic rings. The van der Waals surface area contributed by atoms with Gasteiger partial charge in [-0.05, 0) is 22.8 Å². The van der Waals surface area contributed by atoms with E-state index in [1.807, 2.05) is 6.92 Å². The van der Waals surface area contributed by atoms with Gasteiger partial charge in [-0.15, -0.1) is 0 Å². The molecule has 0 aliphatic heterocycles. The molecule has 1 heterocycles. The number of nitro benzene ring substituents is 1. The fraction of sp³-hybridized carbons (Fsp3) is 0.455. The summed E-state index contributed by atoms with van der Waals surface area (Å²) in [5.41, 5.74) is 0.783. The van der Waals surface area contributed by atoms with E-state index in [0.29, 0.717) is 18.7 Å². The highest BCUT2D eigenvalue weighted by Gasteiger charge is 2.19. The molecule has 102 valence electrons. The molecule has 1 atom stereocenters. The first kappa shape index (κ1) is 13.2. The zero-order valence-electron chi connectivity index (χ0n) is 10.4. The molecule has 1 unspecified atom stereocenters. The van der Waals surface area contributed by atoms with E-state index in [1.165, 1.54) is 12.1 Å². The minimum absolute atomic E-state index is 0.0972. The molecule has 2 N–H and O–H groups in total. The summed E-state index contributed by atoms with van der Waals surface area (Å²) >= 11 is 0. The Kier molecular flexibility index (Phi) is 3.91. The normalized spacial score (nSPS) is 12.5. The number of non-ortho nitro benzene ring substituents is 1. The van der Waals surface area contributed by atoms with Crippen molar-refractivity contribution in [2.75, 3.05) is 11.9 Å². The maximum Gasteiger partial charge on any atom is 0.300 e. The van der Waals surface area contributed by atoms with E-state index in [1.54, 1.807) is 0 Å². The molecule has 0 amide bonds. The number of nitrogens with zero attached hydrogens (tertiary/aromatic N) is 3. The van der Waals surface area contributed by atoms with E-state index >= 15 is 0 Å². The monoisotopic (exact) mass is 266 g/mol. The average Bonchev–Trinajstić information content (AvgIpc) is 2.85. The third-order valence-electron chi connectivity index (χ3n) is 2.74. The highest BCUT2D eigenvalue weighted by molar-refractivity contribution is 5.93. The van der Waals surface area contributed by atoms with Crippen molar-refractivity contribution in [3.8, 4) is 0 Å². The molecular formula is C11H14N4O4. The molecule has 0 spiro atoms. The smallest absolute Gasteiger partial charge is 0.300 e. The number of aliphatic hydroxyl groups excluding tert-OH is 1. The van der Waals surface area contributed by atoms with Crippen LogP contribution in [0.4, 0.5) is 11.4 Å². The van der Waals surface area contributed by atoms with Crippen LogP contribution in [0, 0.1) is 10.1 Å². The molecule has 1 aromatic carbocycles. The van der Waals surface area contributed by atoms with Crippen LogP contribution in [0.5, 0.6) is 0 Å². The second-order valence-corrected chi connectivity index (χ2v) is 4.17. The molecule has 0 radical (unpaired) electrons. The summed E-state index contributed by atoms with van der Waals surface area (Å²) < 4.78 is 4.54. The summed E-state index contributed by atoms with van der Waals surface area (Å²) in [6, 6.07) is 2.87. The number of nitro groups is 1. The van der Waals surface area contributed by atoms with Crippen LogP contribution in [0.2, 0.25) is 0 Å². The van der Waals surface area contributed by atoms with E-state index in [4.69, 9.17) is 0 Å². The van der Waals surface area contributed by atoms with Crippen molar-refractivity contribution in [3.63, 3.8) is 0 Å². The van der Waals surface area contributed by atoms with Gasteiger partial charge in [0.2, 0.25) is 5.52 Å². The van der Waals surface area contributed by atoms with Gasteiger partial charge in [0.1, 0.15) is 0 Å². The van der Waals surface area contributed by atoms with Crippen molar-refractivity contribution >= 4 is 22.4 Å². The molecule has 2 rings (SSSR count). The lowest BCUT2D eigenvalue weighted by Crippen LogP contribution is -2.19. The van der Waals surface area contributed by atoms with Gasteiger partial charge in [0.25, 0.3) is 0 Å². The molecule has 0 aliphatic carbocycles. The predicted molar refractivity (Wildman–Crippen MR) is 67.9 cm³/mol. The van der Waals surface area contributed by atoms with Gasteiger partial charge >= 0.3 is 5.69 Å². The highest BCUT2D eigenvalue weighted by Crippen LogP contribution is 2.28. The van der Waals surface area contributed by atoms with Gasteiger partial charge in [0.05, 0.1) is 16.7 Å². The average molecular weight is 266 g/mol. The number of aliphatic hydroxyl groups is 1. The number of nitrogens with one attached hydrogen (secondary N) is 1. The number of benzene rings is 1. The Morgan fingerprint density at radius 1 is 1.47 bits per heavy atom.